The van der Waals surface area contributed by atoms with Crippen LogP contribution in [0, 0.1) is 0 Å². The van der Waals surface area contributed by atoms with E-state index in [1.807, 2.05) is 0 Å². The monoisotopic (exact) mass is 472 g/mol. The van der Waals surface area contributed by atoms with Crippen molar-refractivity contribution in [1.29, 1.82) is 0 Å². The first-order valence-corrected chi connectivity index (χ1v) is 12.7. The minimum Gasteiger partial charge on any atom is -0.452 e. The fourth-order valence-electron chi connectivity index (χ4n) is 4.27. The third-order valence-corrected chi connectivity index (χ3v) is 7.44. The Kier molecular flexibility index (Phi) is 7.96. The molecule has 3 rings (SSSR count). The maximum atomic E-state index is 12.4. The number of nitrogens with one attached hydrogen (secondary N) is 1. The predicted molar refractivity (Wildman–Crippen MR) is 116 cm³/mol. The van der Waals surface area contributed by atoms with Crippen LogP contribution < -0.4 is 5.32 Å². The van der Waals surface area contributed by atoms with Gasteiger partial charge in [-0.2, -0.15) is 0 Å². The number of morpholine rings is 1. The van der Waals surface area contributed by atoms with Crippen molar-refractivity contribution in [3.63, 3.8) is 0 Å². The zero-order valence-electron chi connectivity index (χ0n) is 17.7. The van der Waals surface area contributed by atoms with Crippen molar-refractivity contribution in [2.45, 2.75) is 42.5 Å². The van der Waals surface area contributed by atoms with Gasteiger partial charge in [0.25, 0.3) is 5.91 Å². The molecule has 0 radical (unpaired) electrons. The third-order valence-electron chi connectivity index (χ3n) is 6.00. The summed E-state index contributed by atoms with van der Waals surface area (Å²) < 4.78 is 34.0. The summed E-state index contributed by atoms with van der Waals surface area (Å²) >= 11 is 6.01. The Balaban J connectivity index is 1.57. The molecule has 0 atom stereocenters. The highest BCUT2D eigenvalue weighted by molar-refractivity contribution is 7.90. The van der Waals surface area contributed by atoms with Gasteiger partial charge in [-0.3, -0.25) is 9.69 Å². The van der Waals surface area contributed by atoms with Crippen LogP contribution >= 0.6 is 11.6 Å². The van der Waals surface area contributed by atoms with E-state index in [0.717, 1.165) is 51.1 Å². The summed E-state index contributed by atoms with van der Waals surface area (Å²) in [7, 11) is -3.50. The molecule has 1 saturated heterocycles. The molecular weight excluding hydrogens is 444 g/mol. The van der Waals surface area contributed by atoms with Gasteiger partial charge in [-0.25, -0.2) is 13.2 Å². The highest BCUT2D eigenvalue weighted by Crippen LogP contribution is 2.33. The minimum absolute atomic E-state index is 0.0435. The molecule has 10 heteroatoms. The molecule has 1 heterocycles. The second-order valence-electron chi connectivity index (χ2n) is 8.15. The zero-order chi connectivity index (χ0) is 22.5. The number of hydrogen-bond donors (Lipinski definition) is 1. The van der Waals surface area contributed by atoms with Crippen LogP contribution in [0.3, 0.4) is 0 Å². The second-order valence-corrected chi connectivity index (χ2v) is 10.6. The maximum absolute atomic E-state index is 12.4. The average molecular weight is 473 g/mol. The lowest BCUT2D eigenvalue weighted by Crippen LogP contribution is -2.59. The molecule has 1 amide bonds. The normalized spacial score (nSPS) is 19.5. The number of carbonyl (C=O) groups is 2. The quantitative estimate of drug-likeness (QED) is 0.606. The van der Waals surface area contributed by atoms with Gasteiger partial charge in [-0.05, 0) is 31.0 Å². The Morgan fingerprint density at radius 3 is 2.52 bits per heavy atom. The summed E-state index contributed by atoms with van der Waals surface area (Å²) in [6.45, 7) is 3.12. The number of sulfone groups is 1. The van der Waals surface area contributed by atoms with Crippen molar-refractivity contribution in [3.05, 3.63) is 28.8 Å². The van der Waals surface area contributed by atoms with Crippen molar-refractivity contribution in [2.75, 3.05) is 45.7 Å². The minimum atomic E-state index is -3.50. The summed E-state index contributed by atoms with van der Waals surface area (Å²) in [5, 5.41) is 2.98. The van der Waals surface area contributed by atoms with Crippen molar-refractivity contribution in [1.82, 2.24) is 10.2 Å². The Labute approximate surface area is 188 Å². The van der Waals surface area contributed by atoms with Gasteiger partial charge in [0.1, 0.15) is 0 Å². The molecule has 2 fully saturated rings. The molecule has 1 aromatic rings. The molecular formula is C21H29ClN2O6S. The largest absolute Gasteiger partial charge is 0.452 e. The molecule has 1 saturated carbocycles. The van der Waals surface area contributed by atoms with Crippen LogP contribution in [0.5, 0.6) is 0 Å². The highest BCUT2D eigenvalue weighted by Gasteiger charge is 2.38. The number of rotatable bonds is 7. The van der Waals surface area contributed by atoms with Crippen LogP contribution in [0.2, 0.25) is 5.02 Å². The number of nitrogens with zero attached hydrogens (tertiary/aromatic N) is 1. The van der Waals surface area contributed by atoms with Crippen LogP contribution in [0.4, 0.5) is 0 Å². The van der Waals surface area contributed by atoms with Crippen LogP contribution in [0.1, 0.15) is 42.5 Å². The lowest BCUT2D eigenvalue weighted by molar-refractivity contribution is -0.125. The van der Waals surface area contributed by atoms with Crippen molar-refractivity contribution in [2.24, 2.45) is 0 Å². The standard InChI is InChI=1S/C21H29ClN2O6S/c1-31(27,28)16-5-6-18(22)17(13-16)20(26)30-14-19(25)23-15-21(7-3-2-4-8-21)24-9-11-29-12-10-24/h5-6,13H,2-4,7-12,14-15H2,1H3,(H,23,25). The predicted octanol–water partition coefficient (Wildman–Crippen LogP) is 2.05. The lowest BCUT2D eigenvalue weighted by atomic mass is 9.79. The first-order chi connectivity index (χ1) is 14.7. The molecule has 0 unspecified atom stereocenters. The summed E-state index contributed by atoms with van der Waals surface area (Å²) in [5.74, 6) is -1.24. The van der Waals surface area contributed by atoms with Gasteiger partial charge in [0.2, 0.25) is 0 Å². The van der Waals surface area contributed by atoms with Gasteiger partial charge in [-0.15, -0.1) is 0 Å². The molecule has 0 bridgehead atoms. The van der Waals surface area contributed by atoms with Gasteiger partial charge in [-0.1, -0.05) is 30.9 Å². The van der Waals surface area contributed by atoms with Crippen molar-refractivity contribution < 1.29 is 27.5 Å². The summed E-state index contributed by atoms with van der Waals surface area (Å²) in [5.41, 5.74) is -0.177. The van der Waals surface area contributed by atoms with Crippen molar-refractivity contribution >= 4 is 33.3 Å². The fraction of sp³-hybridized carbons (Fsp3) is 0.619. The molecule has 0 spiro atoms. The molecule has 0 aromatic heterocycles. The highest BCUT2D eigenvalue weighted by atomic mass is 35.5. The summed E-state index contributed by atoms with van der Waals surface area (Å²) in [4.78, 5) is 27.1. The number of halogens is 1. The van der Waals surface area contributed by atoms with Crippen LogP contribution in [-0.2, 0) is 24.1 Å². The van der Waals surface area contributed by atoms with E-state index in [0.29, 0.717) is 19.8 Å². The molecule has 31 heavy (non-hydrogen) atoms. The van der Waals surface area contributed by atoms with Gasteiger partial charge < -0.3 is 14.8 Å². The molecule has 1 N–H and O–H groups in total. The van der Waals surface area contributed by atoms with E-state index in [9.17, 15) is 18.0 Å². The first-order valence-electron chi connectivity index (χ1n) is 10.5. The summed E-state index contributed by atoms with van der Waals surface area (Å²) in [6.07, 6.45) is 6.51. The molecule has 1 aromatic carbocycles. The van der Waals surface area contributed by atoms with Crippen LogP contribution in [-0.4, -0.2) is 76.4 Å². The third kappa shape index (κ3) is 6.19. The number of ether oxygens (including phenoxy) is 2. The van der Waals surface area contributed by atoms with E-state index in [1.165, 1.54) is 18.6 Å². The zero-order valence-corrected chi connectivity index (χ0v) is 19.3. The molecule has 1 aliphatic heterocycles. The SMILES string of the molecule is CS(=O)(=O)c1ccc(Cl)c(C(=O)OCC(=O)NCC2(N3CCOCC3)CCCCC2)c1. The van der Waals surface area contributed by atoms with Gasteiger partial charge >= 0.3 is 5.97 Å². The smallest absolute Gasteiger partial charge is 0.340 e. The lowest BCUT2D eigenvalue weighted by Gasteiger charge is -2.48. The molecule has 2 aliphatic rings. The Hall–Kier alpha value is -1.68. The number of amides is 1. The van der Waals surface area contributed by atoms with Gasteiger partial charge in [0, 0.05) is 31.4 Å². The van der Waals surface area contributed by atoms with E-state index >= 15 is 0 Å². The van der Waals surface area contributed by atoms with Crippen molar-refractivity contribution in [3.8, 4) is 0 Å². The van der Waals surface area contributed by atoms with Gasteiger partial charge in [0.05, 0.1) is 28.7 Å². The van der Waals surface area contributed by atoms with E-state index in [2.05, 4.69) is 10.2 Å². The topological polar surface area (TPSA) is 102 Å². The number of hydrogen-bond acceptors (Lipinski definition) is 7. The molecule has 172 valence electrons. The maximum Gasteiger partial charge on any atom is 0.340 e. The Morgan fingerprint density at radius 2 is 1.87 bits per heavy atom. The van der Waals surface area contributed by atoms with Gasteiger partial charge in [0.15, 0.2) is 16.4 Å². The van der Waals surface area contributed by atoms with E-state index in [-0.39, 0.29) is 21.0 Å². The Bertz CT molecular complexity index is 908. The number of carbonyl (C=O) groups excluding carboxylic acids is 2. The summed E-state index contributed by atoms with van der Waals surface area (Å²) in [6, 6.07) is 3.80. The molecule has 8 nitrogen and oxygen atoms in total. The Morgan fingerprint density at radius 1 is 1.19 bits per heavy atom. The number of esters is 1. The van der Waals surface area contributed by atoms with E-state index < -0.39 is 28.3 Å². The van der Waals surface area contributed by atoms with Crippen LogP contribution in [0.15, 0.2) is 23.1 Å². The average Bonchev–Trinajstić information content (AvgIpc) is 2.77. The van der Waals surface area contributed by atoms with E-state index in [4.69, 9.17) is 21.1 Å². The number of benzene rings is 1. The molecule has 1 aliphatic carbocycles. The fourth-order valence-corrected chi connectivity index (χ4v) is 5.11. The second kappa shape index (κ2) is 10.3. The van der Waals surface area contributed by atoms with E-state index in [1.54, 1.807) is 0 Å². The van der Waals surface area contributed by atoms with Crippen LogP contribution in [0.25, 0.3) is 0 Å². The first kappa shape index (κ1) is 24.0.